The summed E-state index contributed by atoms with van der Waals surface area (Å²) in [6, 6.07) is 7.32. The molecule has 0 aromatic heterocycles. The number of ketones is 1. The molecular formula is C12H17NO2. The van der Waals surface area contributed by atoms with Gasteiger partial charge >= 0.3 is 0 Å². The molecule has 1 rings (SSSR count). The maximum atomic E-state index is 11.7. The number of hydrogen-bond donors (Lipinski definition) is 1. The van der Waals surface area contributed by atoms with Crippen molar-refractivity contribution in [3.63, 3.8) is 0 Å². The lowest BCUT2D eigenvalue weighted by molar-refractivity contribution is 0.0988. The van der Waals surface area contributed by atoms with Gasteiger partial charge in [-0.15, -0.1) is 0 Å². The van der Waals surface area contributed by atoms with Crippen molar-refractivity contribution in [1.82, 2.24) is 5.32 Å². The molecule has 0 aliphatic rings. The highest BCUT2D eigenvalue weighted by Gasteiger charge is 2.11. The Balaban J connectivity index is 2.90. The van der Waals surface area contributed by atoms with Gasteiger partial charge in [0.15, 0.2) is 5.78 Å². The summed E-state index contributed by atoms with van der Waals surface area (Å²) in [7, 11) is 1.75. The van der Waals surface area contributed by atoms with E-state index in [9.17, 15) is 4.79 Å². The maximum Gasteiger partial charge on any atom is 0.180 e. The molecule has 1 N–H and O–H groups in total. The van der Waals surface area contributed by atoms with Gasteiger partial charge in [0.1, 0.15) is 5.75 Å². The first-order chi connectivity index (χ1) is 7.15. The van der Waals surface area contributed by atoms with Crippen molar-refractivity contribution in [3.8, 4) is 5.75 Å². The highest BCUT2D eigenvalue weighted by Crippen LogP contribution is 2.19. The molecule has 3 nitrogen and oxygen atoms in total. The summed E-state index contributed by atoms with van der Waals surface area (Å²) in [6.45, 7) is 4.22. The molecule has 0 radical (unpaired) electrons. The Labute approximate surface area is 90.4 Å². The smallest absolute Gasteiger partial charge is 0.180 e. The molecule has 0 heterocycles. The van der Waals surface area contributed by atoms with Crippen LogP contribution < -0.4 is 10.1 Å². The Hall–Kier alpha value is -1.35. The lowest BCUT2D eigenvalue weighted by Gasteiger charge is -2.13. The zero-order valence-electron chi connectivity index (χ0n) is 9.41. The van der Waals surface area contributed by atoms with Crippen molar-refractivity contribution in [2.45, 2.75) is 20.0 Å². The summed E-state index contributed by atoms with van der Waals surface area (Å²) in [5, 5.41) is 2.84. The largest absolute Gasteiger partial charge is 0.490 e. The van der Waals surface area contributed by atoms with Gasteiger partial charge < -0.3 is 10.1 Å². The molecule has 3 heteroatoms. The SMILES string of the molecule is CNCC(=O)c1ccccc1OC(C)C. The van der Waals surface area contributed by atoms with Gasteiger partial charge in [-0.25, -0.2) is 0 Å². The van der Waals surface area contributed by atoms with Crippen molar-refractivity contribution < 1.29 is 9.53 Å². The number of nitrogens with one attached hydrogen (secondary N) is 1. The Morgan fingerprint density at radius 3 is 2.67 bits per heavy atom. The normalized spacial score (nSPS) is 10.4. The summed E-state index contributed by atoms with van der Waals surface area (Å²) in [6.07, 6.45) is 0.0773. The van der Waals surface area contributed by atoms with Crippen LogP contribution in [0.15, 0.2) is 24.3 Å². The third-order valence-corrected chi connectivity index (χ3v) is 1.89. The van der Waals surface area contributed by atoms with Gasteiger partial charge in [0, 0.05) is 0 Å². The number of carbonyl (C=O) groups is 1. The van der Waals surface area contributed by atoms with Gasteiger partial charge in [-0.3, -0.25) is 4.79 Å². The first-order valence-corrected chi connectivity index (χ1v) is 5.08. The number of rotatable bonds is 5. The summed E-state index contributed by atoms with van der Waals surface area (Å²) in [5.74, 6) is 0.710. The van der Waals surface area contributed by atoms with Gasteiger partial charge in [-0.05, 0) is 33.0 Å². The third kappa shape index (κ3) is 3.36. The molecule has 82 valence electrons. The number of ether oxygens (including phenoxy) is 1. The number of carbonyl (C=O) groups excluding carboxylic acids is 1. The second-order valence-electron chi connectivity index (χ2n) is 3.62. The minimum absolute atomic E-state index is 0.0498. The molecular weight excluding hydrogens is 190 g/mol. The van der Waals surface area contributed by atoms with E-state index in [4.69, 9.17) is 4.74 Å². The first kappa shape index (κ1) is 11.7. The Kier molecular flexibility index (Phi) is 4.31. The van der Waals surface area contributed by atoms with Crippen molar-refractivity contribution in [1.29, 1.82) is 0 Å². The second-order valence-corrected chi connectivity index (χ2v) is 3.62. The lowest BCUT2D eigenvalue weighted by atomic mass is 10.1. The van der Waals surface area contributed by atoms with E-state index in [1.165, 1.54) is 0 Å². The molecule has 1 aromatic rings. The standard InChI is InChI=1S/C12H17NO2/c1-9(2)15-12-7-5-4-6-10(12)11(14)8-13-3/h4-7,9,13H,8H2,1-3H3. The summed E-state index contributed by atoms with van der Waals surface area (Å²) < 4.78 is 5.56. The van der Waals surface area contributed by atoms with E-state index in [0.29, 0.717) is 17.9 Å². The predicted molar refractivity (Wildman–Crippen MR) is 60.5 cm³/mol. The molecule has 1 aromatic carbocycles. The van der Waals surface area contributed by atoms with Crippen molar-refractivity contribution in [2.75, 3.05) is 13.6 Å². The van der Waals surface area contributed by atoms with Crippen LogP contribution in [0.25, 0.3) is 0 Å². The van der Waals surface area contributed by atoms with Gasteiger partial charge in [0.2, 0.25) is 0 Å². The molecule has 0 aliphatic carbocycles. The zero-order chi connectivity index (χ0) is 11.3. The fourth-order valence-corrected chi connectivity index (χ4v) is 1.31. The van der Waals surface area contributed by atoms with Crippen LogP contribution in [-0.4, -0.2) is 25.5 Å². The van der Waals surface area contributed by atoms with E-state index in [1.54, 1.807) is 13.1 Å². The zero-order valence-corrected chi connectivity index (χ0v) is 9.41. The monoisotopic (exact) mass is 207 g/mol. The number of benzene rings is 1. The van der Waals surface area contributed by atoms with E-state index < -0.39 is 0 Å². The van der Waals surface area contributed by atoms with E-state index in [-0.39, 0.29) is 11.9 Å². The molecule has 0 amide bonds. The van der Waals surface area contributed by atoms with E-state index in [1.807, 2.05) is 32.0 Å². The molecule has 0 saturated carbocycles. The number of para-hydroxylation sites is 1. The highest BCUT2D eigenvalue weighted by molar-refractivity contribution is 6.00. The Bertz CT molecular complexity index is 334. The van der Waals surface area contributed by atoms with E-state index in [0.717, 1.165) is 0 Å². The van der Waals surface area contributed by atoms with Gasteiger partial charge in [-0.1, -0.05) is 12.1 Å². The minimum Gasteiger partial charge on any atom is -0.490 e. The number of Topliss-reactive ketones (excluding diaryl/α,β-unsaturated/α-hetero) is 1. The fourth-order valence-electron chi connectivity index (χ4n) is 1.31. The average Bonchev–Trinajstić information content (AvgIpc) is 2.18. The van der Waals surface area contributed by atoms with Crippen LogP contribution in [0.2, 0.25) is 0 Å². The van der Waals surface area contributed by atoms with Crippen molar-refractivity contribution in [3.05, 3.63) is 29.8 Å². The molecule has 0 fully saturated rings. The highest BCUT2D eigenvalue weighted by atomic mass is 16.5. The molecule has 0 atom stereocenters. The van der Waals surface area contributed by atoms with Gasteiger partial charge in [0.05, 0.1) is 18.2 Å². The molecule has 0 aliphatic heterocycles. The summed E-state index contributed by atoms with van der Waals surface area (Å²) >= 11 is 0. The van der Waals surface area contributed by atoms with Gasteiger partial charge in [-0.2, -0.15) is 0 Å². The van der Waals surface area contributed by atoms with Crippen molar-refractivity contribution in [2.24, 2.45) is 0 Å². The molecule has 0 bridgehead atoms. The summed E-state index contributed by atoms with van der Waals surface area (Å²) in [4.78, 5) is 11.7. The third-order valence-electron chi connectivity index (χ3n) is 1.89. The maximum absolute atomic E-state index is 11.7. The van der Waals surface area contributed by atoms with Crippen LogP contribution in [0.3, 0.4) is 0 Å². The topological polar surface area (TPSA) is 38.3 Å². The van der Waals surface area contributed by atoms with E-state index in [2.05, 4.69) is 5.32 Å². The average molecular weight is 207 g/mol. The lowest BCUT2D eigenvalue weighted by Crippen LogP contribution is -2.20. The molecule has 15 heavy (non-hydrogen) atoms. The Morgan fingerprint density at radius 2 is 2.07 bits per heavy atom. The van der Waals surface area contributed by atoms with Crippen LogP contribution in [0.1, 0.15) is 24.2 Å². The van der Waals surface area contributed by atoms with Crippen LogP contribution >= 0.6 is 0 Å². The number of hydrogen-bond acceptors (Lipinski definition) is 3. The van der Waals surface area contributed by atoms with E-state index >= 15 is 0 Å². The first-order valence-electron chi connectivity index (χ1n) is 5.08. The fraction of sp³-hybridized carbons (Fsp3) is 0.417. The molecule has 0 saturated heterocycles. The van der Waals surface area contributed by atoms with Crippen LogP contribution in [0.5, 0.6) is 5.75 Å². The minimum atomic E-state index is 0.0498. The van der Waals surface area contributed by atoms with Crippen LogP contribution in [-0.2, 0) is 0 Å². The predicted octanol–water partition coefficient (Wildman–Crippen LogP) is 1.88. The Morgan fingerprint density at radius 1 is 1.40 bits per heavy atom. The van der Waals surface area contributed by atoms with Crippen LogP contribution in [0, 0.1) is 0 Å². The van der Waals surface area contributed by atoms with Crippen molar-refractivity contribution >= 4 is 5.78 Å². The number of likely N-dealkylation sites (N-methyl/N-ethyl adjacent to an activating group) is 1. The quantitative estimate of drug-likeness (QED) is 0.749. The van der Waals surface area contributed by atoms with Gasteiger partial charge in [0.25, 0.3) is 0 Å². The van der Waals surface area contributed by atoms with Crippen LogP contribution in [0.4, 0.5) is 0 Å². The molecule has 0 unspecified atom stereocenters. The molecule has 0 spiro atoms. The second kappa shape index (κ2) is 5.51. The summed E-state index contributed by atoms with van der Waals surface area (Å²) in [5.41, 5.74) is 0.639.